The van der Waals surface area contributed by atoms with Gasteiger partial charge in [-0.25, -0.2) is 0 Å². The first-order chi connectivity index (χ1) is 11.5. The van der Waals surface area contributed by atoms with Crippen molar-refractivity contribution >= 4 is 11.9 Å². The maximum Gasteiger partial charge on any atom is 0.310 e. The summed E-state index contributed by atoms with van der Waals surface area (Å²) in [4.78, 5) is 26.5. The zero-order valence-electron chi connectivity index (χ0n) is 14.4. The zero-order chi connectivity index (χ0) is 17.2. The summed E-state index contributed by atoms with van der Waals surface area (Å²) in [5.74, 6) is 0.377. The Morgan fingerprint density at radius 3 is 2.25 bits per heavy atom. The molecule has 3 atom stereocenters. The quantitative estimate of drug-likeness (QED) is 0.901. The summed E-state index contributed by atoms with van der Waals surface area (Å²) in [5.41, 5.74) is -0.0862. The summed E-state index contributed by atoms with van der Waals surface area (Å²) in [7, 11) is 0. The fourth-order valence-corrected chi connectivity index (χ4v) is 4.32. The lowest BCUT2D eigenvalue weighted by molar-refractivity contribution is -0.152. The first kappa shape index (κ1) is 17.0. The Bertz CT molecular complexity index is 586. The van der Waals surface area contributed by atoms with Crippen LogP contribution in [0.1, 0.15) is 44.6 Å². The summed E-state index contributed by atoms with van der Waals surface area (Å²) in [5, 5.41) is 9.72. The van der Waals surface area contributed by atoms with E-state index in [1.807, 2.05) is 35.2 Å². The number of nitrogens with zero attached hydrogens (tertiary/aromatic N) is 1. The minimum atomic E-state index is -1.05. The van der Waals surface area contributed by atoms with Crippen LogP contribution in [0.15, 0.2) is 30.3 Å². The van der Waals surface area contributed by atoms with E-state index in [1.165, 1.54) is 25.7 Å². The highest BCUT2D eigenvalue weighted by Gasteiger charge is 2.41. The predicted molar refractivity (Wildman–Crippen MR) is 92.5 cm³/mol. The number of rotatable bonds is 5. The van der Waals surface area contributed by atoms with Gasteiger partial charge in [0, 0.05) is 19.5 Å². The van der Waals surface area contributed by atoms with E-state index in [0.717, 1.165) is 18.7 Å². The summed E-state index contributed by atoms with van der Waals surface area (Å²) in [6.07, 6.45) is 5.43. The van der Waals surface area contributed by atoms with Gasteiger partial charge in [-0.05, 0) is 43.6 Å². The van der Waals surface area contributed by atoms with Crippen LogP contribution in [0, 0.1) is 17.3 Å². The van der Waals surface area contributed by atoms with Gasteiger partial charge in [-0.3, -0.25) is 9.59 Å². The number of fused-ring (bicyclic) bond motifs is 1. The topological polar surface area (TPSA) is 57.6 Å². The molecule has 2 fully saturated rings. The zero-order valence-corrected chi connectivity index (χ0v) is 14.4. The molecule has 0 bridgehead atoms. The third kappa shape index (κ3) is 3.63. The number of benzene rings is 1. The Balaban J connectivity index is 1.67. The molecule has 1 unspecified atom stereocenters. The second-order valence-electron chi connectivity index (χ2n) is 7.81. The van der Waals surface area contributed by atoms with Crippen molar-refractivity contribution in [1.29, 1.82) is 0 Å². The standard InChI is InChI=1S/C20H27NO3/c1-20(19(23)24,11-15-7-3-2-4-8-15)12-18(22)21-13-16-9-5-6-10-17(16)14-21/h2-4,7-8,16-17H,5-6,9-14H2,1H3,(H,23,24)/t16-,17+,20?. The van der Waals surface area contributed by atoms with Crippen LogP contribution < -0.4 is 0 Å². The van der Waals surface area contributed by atoms with Gasteiger partial charge >= 0.3 is 5.97 Å². The summed E-state index contributed by atoms with van der Waals surface area (Å²) in [6.45, 7) is 3.35. The maximum atomic E-state index is 12.8. The van der Waals surface area contributed by atoms with Crippen LogP contribution in [0.3, 0.4) is 0 Å². The molecule has 130 valence electrons. The van der Waals surface area contributed by atoms with Crippen LogP contribution >= 0.6 is 0 Å². The van der Waals surface area contributed by atoms with Crippen molar-refractivity contribution in [2.45, 2.75) is 45.4 Å². The highest BCUT2D eigenvalue weighted by Crippen LogP contribution is 2.37. The van der Waals surface area contributed by atoms with E-state index in [-0.39, 0.29) is 12.3 Å². The van der Waals surface area contributed by atoms with Crippen LogP contribution in [-0.4, -0.2) is 35.0 Å². The molecule has 0 spiro atoms. The maximum absolute atomic E-state index is 12.8. The lowest BCUT2D eigenvalue weighted by Gasteiger charge is -2.27. The fraction of sp³-hybridized carbons (Fsp3) is 0.600. The van der Waals surface area contributed by atoms with Gasteiger partial charge < -0.3 is 10.0 Å². The normalized spacial score (nSPS) is 25.8. The predicted octanol–water partition coefficient (Wildman–Crippen LogP) is 3.36. The molecule has 1 aliphatic heterocycles. The number of carboxylic acid groups (broad SMARTS) is 1. The van der Waals surface area contributed by atoms with Crippen molar-refractivity contribution < 1.29 is 14.7 Å². The molecule has 1 aliphatic carbocycles. The van der Waals surface area contributed by atoms with Crippen molar-refractivity contribution in [3.8, 4) is 0 Å². The smallest absolute Gasteiger partial charge is 0.310 e. The SMILES string of the molecule is CC(CC(=O)N1C[C@H]2CCCC[C@H]2C1)(Cc1ccccc1)C(=O)O. The van der Waals surface area contributed by atoms with Gasteiger partial charge in [-0.2, -0.15) is 0 Å². The Hall–Kier alpha value is -1.84. The highest BCUT2D eigenvalue weighted by molar-refractivity contribution is 5.85. The van der Waals surface area contributed by atoms with E-state index in [4.69, 9.17) is 0 Å². The number of carbonyl (C=O) groups is 2. The Morgan fingerprint density at radius 2 is 1.71 bits per heavy atom. The second kappa shape index (κ2) is 6.96. The lowest BCUT2D eigenvalue weighted by Crippen LogP contribution is -2.38. The molecule has 0 aromatic heterocycles. The van der Waals surface area contributed by atoms with Gasteiger partial charge in [0.05, 0.1) is 5.41 Å². The number of amides is 1. The Kier molecular flexibility index (Phi) is 4.93. The van der Waals surface area contributed by atoms with E-state index in [9.17, 15) is 14.7 Å². The number of hydrogen-bond donors (Lipinski definition) is 1. The van der Waals surface area contributed by atoms with E-state index in [0.29, 0.717) is 18.3 Å². The van der Waals surface area contributed by atoms with E-state index < -0.39 is 11.4 Å². The van der Waals surface area contributed by atoms with E-state index in [1.54, 1.807) is 6.92 Å². The molecule has 4 heteroatoms. The summed E-state index contributed by atoms with van der Waals surface area (Å²) < 4.78 is 0. The molecule has 2 aliphatic rings. The Labute approximate surface area is 143 Å². The van der Waals surface area contributed by atoms with Crippen molar-refractivity contribution in [3.05, 3.63) is 35.9 Å². The monoisotopic (exact) mass is 329 g/mol. The number of aliphatic carboxylic acids is 1. The average Bonchev–Trinajstić information content (AvgIpc) is 3.00. The molecule has 1 aromatic carbocycles. The van der Waals surface area contributed by atoms with Crippen LogP contribution in [0.2, 0.25) is 0 Å². The molecular weight excluding hydrogens is 302 g/mol. The molecule has 1 heterocycles. The van der Waals surface area contributed by atoms with Gasteiger partial charge in [0.25, 0.3) is 0 Å². The first-order valence-corrected chi connectivity index (χ1v) is 9.03. The van der Waals surface area contributed by atoms with Crippen molar-refractivity contribution in [2.75, 3.05) is 13.1 Å². The van der Waals surface area contributed by atoms with Gasteiger partial charge in [-0.1, -0.05) is 43.2 Å². The number of hydrogen-bond acceptors (Lipinski definition) is 2. The van der Waals surface area contributed by atoms with Crippen LogP contribution in [0.25, 0.3) is 0 Å². The molecule has 0 radical (unpaired) electrons. The molecule has 1 N–H and O–H groups in total. The largest absolute Gasteiger partial charge is 0.481 e. The van der Waals surface area contributed by atoms with Gasteiger partial charge in [-0.15, -0.1) is 0 Å². The lowest BCUT2D eigenvalue weighted by atomic mass is 9.80. The number of carboxylic acids is 1. The van der Waals surface area contributed by atoms with Crippen LogP contribution in [-0.2, 0) is 16.0 Å². The van der Waals surface area contributed by atoms with E-state index >= 15 is 0 Å². The number of likely N-dealkylation sites (tertiary alicyclic amines) is 1. The molecule has 1 amide bonds. The number of carbonyl (C=O) groups excluding carboxylic acids is 1. The van der Waals surface area contributed by atoms with Crippen molar-refractivity contribution in [1.82, 2.24) is 4.90 Å². The Morgan fingerprint density at radius 1 is 1.12 bits per heavy atom. The third-order valence-electron chi connectivity index (χ3n) is 5.82. The first-order valence-electron chi connectivity index (χ1n) is 9.03. The summed E-state index contributed by atoms with van der Waals surface area (Å²) in [6, 6.07) is 9.58. The molecule has 3 rings (SSSR count). The fourth-order valence-electron chi connectivity index (χ4n) is 4.32. The summed E-state index contributed by atoms with van der Waals surface area (Å²) >= 11 is 0. The van der Waals surface area contributed by atoms with Crippen LogP contribution in [0.4, 0.5) is 0 Å². The average molecular weight is 329 g/mol. The molecule has 4 nitrogen and oxygen atoms in total. The molecule has 24 heavy (non-hydrogen) atoms. The van der Waals surface area contributed by atoms with Crippen LogP contribution in [0.5, 0.6) is 0 Å². The van der Waals surface area contributed by atoms with E-state index in [2.05, 4.69) is 0 Å². The molecule has 1 saturated carbocycles. The molecule has 1 aromatic rings. The van der Waals surface area contributed by atoms with Crippen molar-refractivity contribution in [3.63, 3.8) is 0 Å². The molecule has 1 saturated heterocycles. The highest BCUT2D eigenvalue weighted by atomic mass is 16.4. The minimum absolute atomic E-state index is 0.00484. The minimum Gasteiger partial charge on any atom is -0.481 e. The van der Waals surface area contributed by atoms with Gasteiger partial charge in [0.2, 0.25) is 5.91 Å². The van der Waals surface area contributed by atoms with Gasteiger partial charge in [0.1, 0.15) is 0 Å². The van der Waals surface area contributed by atoms with Crippen molar-refractivity contribution in [2.24, 2.45) is 17.3 Å². The van der Waals surface area contributed by atoms with Gasteiger partial charge in [0.15, 0.2) is 0 Å². The molecular formula is C20H27NO3. The third-order valence-corrected chi connectivity index (χ3v) is 5.82. The second-order valence-corrected chi connectivity index (χ2v) is 7.81.